The standard InChI is InChI=1S/C9H10ClF3N2/c10-6-3-5(1-2-7(6)11)4-8(15-14)9(12)13/h1-3,8-9,15H,4,14H2. The zero-order chi connectivity index (χ0) is 11.4. The molecule has 0 amide bonds. The van der Waals surface area contributed by atoms with E-state index in [4.69, 9.17) is 17.4 Å². The number of nitrogens with one attached hydrogen (secondary N) is 1. The summed E-state index contributed by atoms with van der Waals surface area (Å²) < 4.78 is 37.4. The second-order valence-electron chi connectivity index (χ2n) is 3.06. The third-order valence-corrected chi connectivity index (χ3v) is 2.25. The van der Waals surface area contributed by atoms with E-state index in [0.29, 0.717) is 5.56 Å². The fourth-order valence-electron chi connectivity index (χ4n) is 1.14. The molecule has 0 aliphatic heterocycles. The van der Waals surface area contributed by atoms with Crippen LogP contribution in [-0.4, -0.2) is 12.5 Å². The summed E-state index contributed by atoms with van der Waals surface area (Å²) in [7, 11) is 0. The van der Waals surface area contributed by atoms with Crippen LogP contribution in [0.15, 0.2) is 18.2 Å². The van der Waals surface area contributed by atoms with Crippen LogP contribution in [0.4, 0.5) is 13.2 Å². The van der Waals surface area contributed by atoms with Crippen LogP contribution >= 0.6 is 11.6 Å². The van der Waals surface area contributed by atoms with Gasteiger partial charge in [0.25, 0.3) is 6.43 Å². The van der Waals surface area contributed by atoms with Crippen molar-refractivity contribution < 1.29 is 13.2 Å². The van der Waals surface area contributed by atoms with Crippen LogP contribution in [0.1, 0.15) is 5.56 Å². The molecule has 2 nitrogen and oxygen atoms in total. The molecule has 6 heteroatoms. The molecule has 3 N–H and O–H groups in total. The van der Waals surface area contributed by atoms with Crippen molar-refractivity contribution in [1.29, 1.82) is 0 Å². The number of hydrogen-bond donors (Lipinski definition) is 2. The zero-order valence-electron chi connectivity index (χ0n) is 7.68. The molecule has 1 aromatic carbocycles. The molecule has 1 aromatic rings. The Hall–Kier alpha value is -0.780. The van der Waals surface area contributed by atoms with Gasteiger partial charge in [-0.05, 0) is 24.1 Å². The number of halogens is 4. The van der Waals surface area contributed by atoms with Gasteiger partial charge in [0, 0.05) is 0 Å². The molecule has 1 rings (SSSR count). The van der Waals surface area contributed by atoms with Crippen LogP contribution in [0.3, 0.4) is 0 Å². The van der Waals surface area contributed by atoms with Crippen LogP contribution in [0, 0.1) is 5.82 Å². The molecule has 0 aliphatic rings. The summed E-state index contributed by atoms with van der Waals surface area (Å²) in [5.74, 6) is 4.38. The van der Waals surface area contributed by atoms with Gasteiger partial charge in [-0.3, -0.25) is 11.3 Å². The molecule has 84 valence electrons. The first kappa shape index (κ1) is 12.3. The normalized spacial score (nSPS) is 13.2. The van der Waals surface area contributed by atoms with Crippen molar-refractivity contribution in [2.75, 3.05) is 0 Å². The number of nitrogens with two attached hydrogens (primary N) is 1. The van der Waals surface area contributed by atoms with Crippen LogP contribution in [0.25, 0.3) is 0 Å². The summed E-state index contributed by atoms with van der Waals surface area (Å²) in [5, 5.41) is -0.0856. The highest BCUT2D eigenvalue weighted by Gasteiger charge is 2.19. The molecule has 0 heterocycles. The maximum Gasteiger partial charge on any atom is 0.255 e. The molecule has 1 unspecified atom stereocenters. The monoisotopic (exact) mass is 238 g/mol. The van der Waals surface area contributed by atoms with Gasteiger partial charge in [-0.25, -0.2) is 13.2 Å². The van der Waals surface area contributed by atoms with Gasteiger partial charge in [-0.1, -0.05) is 17.7 Å². The molecule has 0 saturated carbocycles. The Morgan fingerprint density at radius 1 is 1.40 bits per heavy atom. The molecule has 1 atom stereocenters. The lowest BCUT2D eigenvalue weighted by molar-refractivity contribution is 0.0984. The van der Waals surface area contributed by atoms with E-state index in [9.17, 15) is 13.2 Å². The SMILES string of the molecule is NNC(Cc1ccc(F)c(Cl)c1)C(F)F. The van der Waals surface area contributed by atoms with Gasteiger partial charge in [0.2, 0.25) is 0 Å². The van der Waals surface area contributed by atoms with Crippen molar-refractivity contribution in [1.82, 2.24) is 5.43 Å². The Bertz CT molecular complexity index is 333. The molecule has 0 aromatic heterocycles. The predicted molar refractivity (Wildman–Crippen MR) is 52.2 cm³/mol. The highest BCUT2D eigenvalue weighted by molar-refractivity contribution is 6.30. The number of rotatable bonds is 4. The highest BCUT2D eigenvalue weighted by Crippen LogP contribution is 2.18. The Morgan fingerprint density at radius 3 is 2.53 bits per heavy atom. The van der Waals surface area contributed by atoms with Gasteiger partial charge in [0.15, 0.2) is 0 Å². The molecule has 0 saturated heterocycles. The van der Waals surface area contributed by atoms with E-state index in [1.54, 1.807) is 0 Å². The van der Waals surface area contributed by atoms with E-state index in [-0.39, 0.29) is 11.4 Å². The van der Waals surface area contributed by atoms with Gasteiger partial charge < -0.3 is 0 Å². The molecular weight excluding hydrogens is 229 g/mol. The van der Waals surface area contributed by atoms with Gasteiger partial charge in [0.1, 0.15) is 5.82 Å². The summed E-state index contributed by atoms with van der Waals surface area (Å²) in [5.41, 5.74) is 2.50. The van der Waals surface area contributed by atoms with Crippen molar-refractivity contribution in [2.45, 2.75) is 18.9 Å². The fraction of sp³-hybridized carbons (Fsp3) is 0.333. The lowest BCUT2D eigenvalue weighted by Crippen LogP contribution is -2.42. The maximum absolute atomic E-state index is 12.8. The van der Waals surface area contributed by atoms with Crippen molar-refractivity contribution in [3.8, 4) is 0 Å². The van der Waals surface area contributed by atoms with Crippen molar-refractivity contribution in [3.63, 3.8) is 0 Å². The van der Waals surface area contributed by atoms with E-state index < -0.39 is 18.3 Å². The fourth-order valence-corrected chi connectivity index (χ4v) is 1.34. The Morgan fingerprint density at radius 2 is 2.07 bits per heavy atom. The van der Waals surface area contributed by atoms with Gasteiger partial charge >= 0.3 is 0 Å². The predicted octanol–water partition coefficient (Wildman–Crippen LogP) is 2.12. The minimum absolute atomic E-state index is 0.00579. The van der Waals surface area contributed by atoms with E-state index in [1.807, 2.05) is 5.43 Å². The zero-order valence-corrected chi connectivity index (χ0v) is 8.44. The second kappa shape index (κ2) is 5.34. The van der Waals surface area contributed by atoms with Gasteiger partial charge in [0.05, 0.1) is 11.1 Å². The molecular formula is C9H10ClF3N2. The summed E-state index contributed by atoms with van der Waals surface area (Å²) in [6, 6.07) is 2.68. The molecule has 0 radical (unpaired) electrons. The van der Waals surface area contributed by atoms with E-state index in [2.05, 4.69) is 0 Å². The first-order valence-corrected chi connectivity index (χ1v) is 4.60. The summed E-state index contributed by atoms with van der Waals surface area (Å²) in [6.07, 6.45) is -2.59. The average Bonchev–Trinajstić information content (AvgIpc) is 2.19. The number of hydrogen-bond acceptors (Lipinski definition) is 2. The van der Waals surface area contributed by atoms with E-state index in [0.717, 1.165) is 6.07 Å². The van der Waals surface area contributed by atoms with Crippen molar-refractivity contribution >= 4 is 11.6 Å². The van der Waals surface area contributed by atoms with Gasteiger partial charge in [-0.15, -0.1) is 0 Å². The second-order valence-corrected chi connectivity index (χ2v) is 3.47. The van der Waals surface area contributed by atoms with Crippen molar-refractivity contribution in [3.05, 3.63) is 34.6 Å². The molecule has 0 bridgehead atoms. The Labute approximate surface area is 90.2 Å². The minimum atomic E-state index is -2.58. The molecule has 15 heavy (non-hydrogen) atoms. The summed E-state index contributed by atoms with van der Waals surface area (Å²) in [6.45, 7) is 0. The first-order chi connectivity index (χ1) is 7.04. The van der Waals surface area contributed by atoms with E-state index >= 15 is 0 Å². The number of hydrazine groups is 1. The van der Waals surface area contributed by atoms with E-state index in [1.165, 1.54) is 12.1 Å². The molecule has 0 aliphatic carbocycles. The van der Waals surface area contributed by atoms with Crippen LogP contribution in [0.5, 0.6) is 0 Å². The van der Waals surface area contributed by atoms with Crippen molar-refractivity contribution in [2.24, 2.45) is 5.84 Å². The quantitative estimate of drug-likeness (QED) is 0.623. The highest BCUT2D eigenvalue weighted by atomic mass is 35.5. The Kier molecular flexibility index (Phi) is 4.38. The number of alkyl halides is 2. The summed E-state index contributed by atoms with van der Waals surface area (Å²) in [4.78, 5) is 0. The van der Waals surface area contributed by atoms with Crippen LogP contribution in [0.2, 0.25) is 5.02 Å². The van der Waals surface area contributed by atoms with Gasteiger partial charge in [-0.2, -0.15) is 0 Å². The third-order valence-electron chi connectivity index (χ3n) is 1.96. The first-order valence-electron chi connectivity index (χ1n) is 4.22. The minimum Gasteiger partial charge on any atom is -0.271 e. The lowest BCUT2D eigenvalue weighted by atomic mass is 10.1. The third kappa shape index (κ3) is 3.37. The lowest BCUT2D eigenvalue weighted by Gasteiger charge is -2.14. The maximum atomic E-state index is 12.8. The van der Waals surface area contributed by atoms with Crippen LogP contribution < -0.4 is 11.3 Å². The molecule has 0 fully saturated rings. The smallest absolute Gasteiger partial charge is 0.255 e. The Balaban J connectivity index is 2.75. The summed E-state index contributed by atoms with van der Waals surface area (Å²) >= 11 is 5.51. The van der Waals surface area contributed by atoms with Crippen LogP contribution in [-0.2, 0) is 6.42 Å². The molecule has 0 spiro atoms. The topological polar surface area (TPSA) is 38.0 Å². The number of benzene rings is 1. The largest absolute Gasteiger partial charge is 0.271 e. The average molecular weight is 239 g/mol.